The number of hydrogen-bond donors (Lipinski definition) is 2. The van der Waals surface area contributed by atoms with Gasteiger partial charge in [0.25, 0.3) is 0 Å². The Morgan fingerprint density at radius 1 is 1.09 bits per heavy atom. The molecule has 2 aromatic rings. The van der Waals surface area contributed by atoms with Crippen LogP contribution >= 0.6 is 0 Å². The van der Waals surface area contributed by atoms with Crippen molar-refractivity contribution in [3.8, 4) is 11.8 Å². The number of nitrogens with one attached hydrogen (secondary N) is 2. The summed E-state index contributed by atoms with van der Waals surface area (Å²) in [5.74, 6) is -0.935. The molecule has 0 bridgehead atoms. The molecule has 9 nitrogen and oxygen atoms in total. The SMILES string of the molecule is CCOC(=O)C1=C(COC(=O)[C@@H](C)Oc2ccc(C#N)cc2)NC(=O)N[C@H]1c1ccccc1. The van der Waals surface area contributed by atoms with E-state index in [4.69, 9.17) is 19.5 Å². The molecule has 0 aliphatic carbocycles. The molecule has 0 radical (unpaired) electrons. The third-order valence-corrected chi connectivity index (χ3v) is 4.77. The average molecular weight is 449 g/mol. The molecule has 0 saturated carbocycles. The topological polar surface area (TPSA) is 127 Å². The molecule has 2 aromatic carbocycles. The molecule has 2 N–H and O–H groups in total. The fourth-order valence-electron chi connectivity index (χ4n) is 3.20. The number of carbonyl (C=O) groups excluding carboxylic acids is 3. The molecule has 33 heavy (non-hydrogen) atoms. The zero-order valence-corrected chi connectivity index (χ0v) is 18.2. The number of ether oxygens (including phenoxy) is 3. The molecule has 1 heterocycles. The Kier molecular flexibility index (Phi) is 7.65. The highest BCUT2D eigenvalue weighted by Gasteiger charge is 2.34. The summed E-state index contributed by atoms with van der Waals surface area (Å²) in [4.78, 5) is 37.5. The number of hydrogen-bond acceptors (Lipinski definition) is 7. The van der Waals surface area contributed by atoms with Crippen LogP contribution in [0.25, 0.3) is 0 Å². The Morgan fingerprint density at radius 2 is 1.79 bits per heavy atom. The van der Waals surface area contributed by atoms with Crippen LogP contribution in [0.1, 0.15) is 31.0 Å². The molecule has 3 rings (SSSR count). The molecular weight excluding hydrogens is 426 g/mol. The Hall–Kier alpha value is -4.32. The second-order valence-electron chi connectivity index (χ2n) is 7.06. The zero-order chi connectivity index (χ0) is 23.8. The van der Waals surface area contributed by atoms with E-state index in [0.29, 0.717) is 16.9 Å². The van der Waals surface area contributed by atoms with Gasteiger partial charge in [0.05, 0.1) is 35.6 Å². The zero-order valence-electron chi connectivity index (χ0n) is 18.2. The first-order valence-electron chi connectivity index (χ1n) is 10.3. The van der Waals surface area contributed by atoms with Crippen LogP contribution in [-0.2, 0) is 19.1 Å². The van der Waals surface area contributed by atoms with Crippen LogP contribution < -0.4 is 15.4 Å². The van der Waals surface area contributed by atoms with Gasteiger partial charge in [0, 0.05) is 0 Å². The lowest BCUT2D eigenvalue weighted by Crippen LogP contribution is -2.47. The van der Waals surface area contributed by atoms with Gasteiger partial charge in [-0.3, -0.25) is 0 Å². The van der Waals surface area contributed by atoms with E-state index in [1.807, 2.05) is 12.1 Å². The average Bonchev–Trinajstić information content (AvgIpc) is 2.83. The van der Waals surface area contributed by atoms with E-state index in [-0.39, 0.29) is 24.5 Å². The van der Waals surface area contributed by atoms with Gasteiger partial charge < -0.3 is 24.8 Å². The van der Waals surface area contributed by atoms with Gasteiger partial charge in [0.15, 0.2) is 6.10 Å². The van der Waals surface area contributed by atoms with Crippen LogP contribution in [0.15, 0.2) is 65.9 Å². The number of rotatable bonds is 8. The number of amides is 2. The van der Waals surface area contributed by atoms with Crippen molar-refractivity contribution in [2.45, 2.75) is 26.0 Å². The Balaban J connectivity index is 1.77. The minimum atomic E-state index is -0.966. The predicted octanol–water partition coefficient (Wildman–Crippen LogP) is 2.74. The first-order valence-corrected chi connectivity index (χ1v) is 10.3. The summed E-state index contributed by atoms with van der Waals surface area (Å²) in [6, 6.07) is 15.9. The summed E-state index contributed by atoms with van der Waals surface area (Å²) in [7, 11) is 0. The second kappa shape index (κ2) is 10.8. The third-order valence-electron chi connectivity index (χ3n) is 4.77. The van der Waals surface area contributed by atoms with Crippen LogP contribution in [0.3, 0.4) is 0 Å². The van der Waals surface area contributed by atoms with E-state index >= 15 is 0 Å². The molecule has 1 aliphatic rings. The molecule has 0 spiro atoms. The first-order chi connectivity index (χ1) is 15.9. The van der Waals surface area contributed by atoms with Crippen molar-refractivity contribution in [3.63, 3.8) is 0 Å². The molecule has 0 unspecified atom stereocenters. The lowest BCUT2D eigenvalue weighted by molar-refractivity contribution is -0.150. The lowest BCUT2D eigenvalue weighted by Gasteiger charge is -2.29. The first kappa shape index (κ1) is 23.3. The summed E-state index contributed by atoms with van der Waals surface area (Å²) in [6.07, 6.45) is -0.966. The predicted molar refractivity (Wildman–Crippen MR) is 117 cm³/mol. The minimum absolute atomic E-state index is 0.130. The van der Waals surface area contributed by atoms with Gasteiger partial charge in [0.2, 0.25) is 0 Å². The van der Waals surface area contributed by atoms with Gasteiger partial charge in [-0.1, -0.05) is 30.3 Å². The molecule has 0 aromatic heterocycles. The van der Waals surface area contributed by atoms with Crippen LogP contribution in [0, 0.1) is 11.3 Å². The van der Waals surface area contributed by atoms with Gasteiger partial charge in [-0.25, -0.2) is 14.4 Å². The van der Waals surface area contributed by atoms with Crippen molar-refractivity contribution < 1.29 is 28.6 Å². The van der Waals surface area contributed by atoms with Crippen LogP contribution in [0.2, 0.25) is 0 Å². The van der Waals surface area contributed by atoms with E-state index in [2.05, 4.69) is 10.6 Å². The smallest absolute Gasteiger partial charge is 0.347 e. The quantitative estimate of drug-likeness (QED) is 0.593. The van der Waals surface area contributed by atoms with Gasteiger partial charge in [0.1, 0.15) is 12.4 Å². The number of carbonyl (C=O) groups is 3. The van der Waals surface area contributed by atoms with Crippen LogP contribution in [-0.4, -0.2) is 37.3 Å². The fraction of sp³-hybridized carbons (Fsp3) is 0.250. The minimum Gasteiger partial charge on any atom is -0.479 e. The largest absolute Gasteiger partial charge is 0.479 e. The van der Waals surface area contributed by atoms with Crippen LogP contribution in [0.5, 0.6) is 5.75 Å². The van der Waals surface area contributed by atoms with Crippen LogP contribution in [0.4, 0.5) is 4.79 Å². The highest BCUT2D eigenvalue weighted by atomic mass is 16.6. The Labute approximate surface area is 190 Å². The standard InChI is InChI=1S/C24H23N3O6/c1-3-31-23(29)20-19(26-24(30)27-21(20)17-7-5-4-6-8-17)14-32-22(28)15(2)33-18-11-9-16(13-25)10-12-18/h4-12,15,21H,3,14H2,1-2H3,(H2,26,27,30)/t15-,21+/m1/s1. The highest BCUT2D eigenvalue weighted by molar-refractivity contribution is 5.95. The molecule has 170 valence electrons. The molecule has 0 fully saturated rings. The summed E-state index contributed by atoms with van der Waals surface area (Å²) < 4.78 is 16.1. The maximum Gasteiger partial charge on any atom is 0.347 e. The summed E-state index contributed by atoms with van der Waals surface area (Å²) >= 11 is 0. The van der Waals surface area contributed by atoms with E-state index in [1.54, 1.807) is 55.5 Å². The highest BCUT2D eigenvalue weighted by Crippen LogP contribution is 2.28. The monoisotopic (exact) mass is 449 g/mol. The summed E-state index contributed by atoms with van der Waals surface area (Å²) in [5.41, 5.74) is 1.42. The van der Waals surface area contributed by atoms with Crippen molar-refractivity contribution in [1.82, 2.24) is 10.6 Å². The molecule has 9 heteroatoms. The Bertz CT molecular complexity index is 1090. The summed E-state index contributed by atoms with van der Waals surface area (Å²) in [5, 5.41) is 14.1. The van der Waals surface area contributed by atoms with Crippen molar-refractivity contribution in [1.29, 1.82) is 5.26 Å². The number of nitriles is 1. The molecule has 2 amide bonds. The van der Waals surface area contributed by atoms with Crippen molar-refractivity contribution >= 4 is 18.0 Å². The van der Waals surface area contributed by atoms with E-state index < -0.39 is 30.1 Å². The van der Waals surface area contributed by atoms with Gasteiger partial charge in [-0.05, 0) is 43.7 Å². The number of nitrogens with zero attached hydrogens (tertiary/aromatic N) is 1. The van der Waals surface area contributed by atoms with E-state index in [1.165, 1.54) is 6.92 Å². The number of urea groups is 1. The molecule has 0 saturated heterocycles. The van der Waals surface area contributed by atoms with Crippen molar-refractivity contribution in [2.24, 2.45) is 0 Å². The van der Waals surface area contributed by atoms with Crippen molar-refractivity contribution in [3.05, 3.63) is 77.0 Å². The van der Waals surface area contributed by atoms with Crippen molar-refractivity contribution in [2.75, 3.05) is 13.2 Å². The van der Waals surface area contributed by atoms with Gasteiger partial charge in [-0.15, -0.1) is 0 Å². The number of benzene rings is 2. The maximum atomic E-state index is 12.7. The third kappa shape index (κ3) is 5.89. The molecular formula is C24H23N3O6. The normalized spacial score (nSPS) is 16.0. The number of esters is 2. The maximum absolute atomic E-state index is 12.7. The van der Waals surface area contributed by atoms with Gasteiger partial charge >= 0.3 is 18.0 Å². The molecule has 1 aliphatic heterocycles. The summed E-state index contributed by atoms with van der Waals surface area (Å²) in [6.45, 7) is 2.97. The van der Waals surface area contributed by atoms with Gasteiger partial charge in [-0.2, -0.15) is 5.26 Å². The lowest BCUT2D eigenvalue weighted by atomic mass is 9.95. The Morgan fingerprint density at radius 3 is 2.42 bits per heavy atom. The van der Waals surface area contributed by atoms with E-state index in [9.17, 15) is 14.4 Å². The molecule has 2 atom stereocenters. The second-order valence-corrected chi connectivity index (χ2v) is 7.06. The fourth-order valence-corrected chi connectivity index (χ4v) is 3.20. The van der Waals surface area contributed by atoms with E-state index in [0.717, 1.165) is 0 Å².